The number of hydrogen-bond acceptors (Lipinski definition) is 4. The second-order valence-corrected chi connectivity index (χ2v) is 5.50. The summed E-state index contributed by atoms with van der Waals surface area (Å²) in [5.74, 6) is 0.156. The maximum absolute atomic E-state index is 12.4. The lowest BCUT2D eigenvalue weighted by molar-refractivity contribution is -0.135. The first-order valence-electron chi connectivity index (χ1n) is 7.62. The van der Waals surface area contributed by atoms with Crippen LogP contribution in [0.4, 0.5) is 0 Å². The van der Waals surface area contributed by atoms with Crippen LogP contribution in [0.5, 0.6) is 0 Å². The Kier molecular flexibility index (Phi) is 5.52. The summed E-state index contributed by atoms with van der Waals surface area (Å²) in [5, 5.41) is 8.24. The molecule has 1 amide bonds. The molecule has 6 nitrogen and oxygen atoms in total. The van der Waals surface area contributed by atoms with Crippen LogP contribution in [0.2, 0.25) is 0 Å². The lowest BCUT2D eigenvalue weighted by atomic mass is 10.1. The smallest absolute Gasteiger partial charge is 0.247 e. The average Bonchev–Trinajstić information content (AvgIpc) is 2.96. The van der Waals surface area contributed by atoms with E-state index in [4.69, 9.17) is 5.73 Å². The Bertz CT molecular complexity index is 425. The zero-order chi connectivity index (χ0) is 14.4. The van der Waals surface area contributed by atoms with Crippen molar-refractivity contribution in [2.75, 3.05) is 19.6 Å². The minimum absolute atomic E-state index is 0.156. The molecule has 1 fully saturated rings. The van der Waals surface area contributed by atoms with Crippen LogP contribution in [0.25, 0.3) is 0 Å². The van der Waals surface area contributed by atoms with Gasteiger partial charge >= 0.3 is 0 Å². The number of carbonyl (C=O) groups is 1. The predicted molar refractivity (Wildman–Crippen MR) is 77.2 cm³/mol. The van der Waals surface area contributed by atoms with Gasteiger partial charge in [-0.05, 0) is 52.0 Å². The Labute approximate surface area is 120 Å². The molecule has 0 aromatic carbocycles. The molecule has 0 spiro atoms. The normalized spacial score (nSPS) is 17.2. The van der Waals surface area contributed by atoms with Gasteiger partial charge in [0.25, 0.3) is 0 Å². The molecule has 1 atom stereocenters. The molecule has 0 bridgehead atoms. The van der Waals surface area contributed by atoms with Crippen LogP contribution in [0.15, 0.2) is 6.20 Å². The number of nitrogens with zero attached hydrogens (tertiary/aromatic N) is 4. The summed E-state index contributed by atoms with van der Waals surface area (Å²) in [6.07, 6.45) is 8.23. The fourth-order valence-electron chi connectivity index (χ4n) is 2.56. The number of nitrogens with two attached hydrogens (primary N) is 1. The number of likely N-dealkylation sites (tertiary alicyclic amines) is 1. The molecule has 1 aromatic heterocycles. The fourth-order valence-corrected chi connectivity index (χ4v) is 2.56. The van der Waals surface area contributed by atoms with Crippen LogP contribution >= 0.6 is 0 Å². The van der Waals surface area contributed by atoms with E-state index in [1.807, 2.05) is 18.0 Å². The quantitative estimate of drug-likeness (QED) is 0.792. The van der Waals surface area contributed by atoms with Gasteiger partial charge in [0.2, 0.25) is 5.91 Å². The molecule has 1 unspecified atom stereocenters. The van der Waals surface area contributed by atoms with Crippen molar-refractivity contribution < 1.29 is 4.79 Å². The minimum Gasteiger partial charge on any atom is -0.341 e. The van der Waals surface area contributed by atoms with Gasteiger partial charge < -0.3 is 10.6 Å². The van der Waals surface area contributed by atoms with Gasteiger partial charge in [0.15, 0.2) is 0 Å². The van der Waals surface area contributed by atoms with Crippen molar-refractivity contribution >= 4 is 5.91 Å². The highest BCUT2D eigenvalue weighted by atomic mass is 16.2. The topological polar surface area (TPSA) is 77.0 Å². The van der Waals surface area contributed by atoms with E-state index in [2.05, 4.69) is 10.3 Å². The van der Waals surface area contributed by atoms with Gasteiger partial charge in [-0.2, -0.15) is 0 Å². The molecule has 0 aliphatic carbocycles. The van der Waals surface area contributed by atoms with Crippen molar-refractivity contribution in [2.24, 2.45) is 5.73 Å². The third-order valence-corrected chi connectivity index (χ3v) is 3.87. The first-order valence-corrected chi connectivity index (χ1v) is 7.62. The van der Waals surface area contributed by atoms with Crippen LogP contribution < -0.4 is 5.73 Å². The standard InChI is InChI=1S/C14H25N5O/c1-12(14(20)18-9-5-2-6-10-18)19-11-13(16-17-19)7-3-4-8-15/h11-12H,2-10,15H2,1H3. The van der Waals surface area contributed by atoms with Gasteiger partial charge in [-0.15, -0.1) is 5.10 Å². The van der Waals surface area contributed by atoms with Crippen molar-refractivity contribution in [3.63, 3.8) is 0 Å². The zero-order valence-electron chi connectivity index (χ0n) is 12.3. The molecule has 20 heavy (non-hydrogen) atoms. The second-order valence-electron chi connectivity index (χ2n) is 5.50. The summed E-state index contributed by atoms with van der Waals surface area (Å²) in [6.45, 7) is 4.36. The van der Waals surface area contributed by atoms with Crippen LogP contribution in [0, 0.1) is 0 Å². The van der Waals surface area contributed by atoms with Crippen molar-refractivity contribution in [1.29, 1.82) is 0 Å². The first-order chi connectivity index (χ1) is 9.72. The van der Waals surface area contributed by atoms with E-state index in [0.29, 0.717) is 6.54 Å². The average molecular weight is 279 g/mol. The predicted octanol–water partition coefficient (Wildman–Crippen LogP) is 1.13. The van der Waals surface area contributed by atoms with Gasteiger partial charge in [-0.25, -0.2) is 4.68 Å². The molecule has 0 saturated carbocycles. The maximum Gasteiger partial charge on any atom is 0.247 e. The van der Waals surface area contributed by atoms with Gasteiger partial charge in [-0.1, -0.05) is 5.21 Å². The third kappa shape index (κ3) is 3.79. The molecule has 1 saturated heterocycles. The Morgan fingerprint density at radius 1 is 1.35 bits per heavy atom. The lowest BCUT2D eigenvalue weighted by Gasteiger charge is -2.29. The molecule has 2 heterocycles. The Morgan fingerprint density at radius 2 is 2.10 bits per heavy atom. The maximum atomic E-state index is 12.4. The number of aromatic nitrogens is 3. The fraction of sp³-hybridized carbons (Fsp3) is 0.786. The van der Waals surface area contributed by atoms with Crippen LogP contribution in [0.1, 0.15) is 50.8 Å². The number of amides is 1. The van der Waals surface area contributed by atoms with Gasteiger partial charge in [0.1, 0.15) is 6.04 Å². The molecular formula is C14H25N5O. The number of unbranched alkanes of at least 4 members (excludes halogenated alkanes) is 1. The van der Waals surface area contributed by atoms with Gasteiger partial charge in [-0.3, -0.25) is 4.79 Å². The van der Waals surface area contributed by atoms with Crippen molar-refractivity contribution in [3.05, 3.63) is 11.9 Å². The highest BCUT2D eigenvalue weighted by Gasteiger charge is 2.24. The number of piperidine rings is 1. The van der Waals surface area contributed by atoms with E-state index in [1.54, 1.807) is 4.68 Å². The lowest BCUT2D eigenvalue weighted by Crippen LogP contribution is -2.39. The Balaban J connectivity index is 1.90. The van der Waals surface area contributed by atoms with Crippen molar-refractivity contribution in [3.8, 4) is 0 Å². The van der Waals surface area contributed by atoms with E-state index in [0.717, 1.165) is 50.9 Å². The molecule has 2 rings (SSSR count). The first kappa shape index (κ1) is 15.0. The summed E-state index contributed by atoms with van der Waals surface area (Å²) >= 11 is 0. The monoisotopic (exact) mass is 279 g/mol. The number of aryl methyl sites for hydroxylation is 1. The van der Waals surface area contributed by atoms with E-state index >= 15 is 0 Å². The van der Waals surface area contributed by atoms with E-state index in [1.165, 1.54) is 6.42 Å². The Morgan fingerprint density at radius 3 is 2.80 bits per heavy atom. The molecule has 2 N–H and O–H groups in total. The summed E-state index contributed by atoms with van der Waals surface area (Å²) in [5.41, 5.74) is 6.42. The zero-order valence-corrected chi connectivity index (χ0v) is 12.3. The summed E-state index contributed by atoms with van der Waals surface area (Å²) < 4.78 is 1.69. The second kappa shape index (κ2) is 7.38. The molecule has 1 aliphatic rings. The Hall–Kier alpha value is -1.43. The molecular weight excluding hydrogens is 254 g/mol. The molecule has 1 aromatic rings. The minimum atomic E-state index is -0.260. The number of carbonyl (C=O) groups excluding carboxylic acids is 1. The molecule has 112 valence electrons. The highest BCUT2D eigenvalue weighted by molar-refractivity contribution is 5.80. The van der Waals surface area contributed by atoms with E-state index in [9.17, 15) is 4.79 Å². The number of hydrogen-bond donors (Lipinski definition) is 1. The summed E-state index contributed by atoms with van der Waals surface area (Å²) in [4.78, 5) is 14.3. The van der Waals surface area contributed by atoms with Crippen molar-refractivity contribution in [2.45, 2.75) is 51.5 Å². The van der Waals surface area contributed by atoms with Crippen LogP contribution in [-0.4, -0.2) is 45.4 Å². The largest absolute Gasteiger partial charge is 0.341 e. The van der Waals surface area contributed by atoms with E-state index < -0.39 is 0 Å². The summed E-state index contributed by atoms with van der Waals surface area (Å²) in [7, 11) is 0. The van der Waals surface area contributed by atoms with Gasteiger partial charge in [0, 0.05) is 19.3 Å². The number of rotatable bonds is 6. The molecule has 1 aliphatic heterocycles. The SMILES string of the molecule is CC(C(=O)N1CCCCC1)n1cc(CCCCN)nn1. The molecule has 0 radical (unpaired) electrons. The highest BCUT2D eigenvalue weighted by Crippen LogP contribution is 2.15. The summed E-state index contributed by atoms with van der Waals surface area (Å²) in [6, 6.07) is -0.260. The third-order valence-electron chi connectivity index (χ3n) is 3.87. The van der Waals surface area contributed by atoms with Crippen LogP contribution in [-0.2, 0) is 11.2 Å². The van der Waals surface area contributed by atoms with Crippen LogP contribution in [0.3, 0.4) is 0 Å². The van der Waals surface area contributed by atoms with Crippen molar-refractivity contribution in [1.82, 2.24) is 19.9 Å². The van der Waals surface area contributed by atoms with Gasteiger partial charge in [0.05, 0.1) is 5.69 Å². The van der Waals surface area contributed by atoms with E-state index in [-0.39, 0.29) is 11.9 Å². The molecule has 6 heteroatoms.